The van der Waals surface area contributed by atoms with E-state index in [1.165, 1.54) is 4.90 Å². The predicted octanol–water partition coefficient (Wildman–Crippen LogP) is 1.11. The molecule has 0 aliphatic carbocycles. The average Bonchev–Trinajstić information content (AvgIpc) is 3.16. The molecule has 144 valence electrons. The molecule has 0 spiro atoms. The number of piperidine rings is 1. The van der Waals surface area contributed by atoms with Crippen LogP contribution in [0.25, 0.3) is 11.0 Å². The molecule has 9 nitrogen and oxygen atoms in total. The van der Waals surface area contributed by atoms with E-state index in [1.807, 2.05) is 11.0 Å². The summed E-state index contributed by atoms with van der Waals surface area (Å²) in [5.74, 6) is 0.608. The van der Waals surface area contributed by atoms with Crippen LogP contribution in [0.3, 0.4) is 0 Å². The second-order valence-corrected chi connectivity index (χ2v) is 7.33. The van der Waals surface area contributed by atoms with Crippen molar-refractivity contribution in [2.75, 3.05) is 45.8 Å². The maximum Gasteiger partial charge on any atom is 0.407 e. The summed E-state index contributed by atoms with van der Waals surface area (Å²) in [6, 6.07) is 5.41. The SMILES string of the molecule is O=C(O)N1CCN(CC2CCN(C(=O)c3ccc4n[nH]nc4c3)CC2)CC1. The number of hydrogen-bond acceptors (Lipinski definition) is 5. The Bertz CT molecular complexity index is 821. The number of amides is 2. The number of fused-ring (bicyclic) bond motifs is 1. The van der Waals surface area contributed by atoms with Crippen LogP contribution in [0.1, 0.15) is 23.2 Å². The maximum atomic E-state index is 12.8. The topological polar surface area (TPSA) is 106 Å². The van der Waals surface area contributed by atoms with Gasteiger partial charge >= 0.3 is 6.09 Å². The van der Waals surface area contributed by atoms with Gasteiger partial charge < -0.3 is 14.9 Å². The van der Waals surface area contributed by atoms with Crippen LogP contribution in [0.5, 0.6) is 0 Å². The minimum atomic E-state index is -0.828. The first-order valence-electron chi connectivity index (χ1n) is 9.40. The molecule has 2 amide bonds. The largest absolute Gasteiger partial charge is 0.465 e. The van der Waals surface area contributed by atoms with E-state index in [0.29, 0.717) is 30.1 Å². The van der Waals surface area contributed by atoms with E-state index in [4.69, 9.17) is 5.11 Å². The summed E-state index contributed by atoms with van der Waals surface area (Å²) in [5, 5.41) is 19.7. The van der Waals surface area contributed by atoms with Gasteiger partial charge in [-0.1, -0.05) is 0 Å². The van der Waals surface area contributed by atoms with Gasteiger partial charge in [-0.15, -0.1) is 0 Å². The Kier molecular flexibility index (Phi) is 4.93. The van der Waals surface area contributed by atoms with E-state index in [1.54, 1.807) is 12.1 Å². The molecule has 0 bridgehead atoms. The van der Waals surface area contributed by atoms with Crippen molar-refractivity contribution >= 4 is 23.0 Å². The highest BCUT2D eigenvalue weighted by atomic mass is 16.4. The highest BCUT2D eigenvalue weighted by Gasteiger charge is 2.27. The van der Waals surface area contributed by atoms with Crippen LogP contribution in [0, 0.1) is 5.92 Å². The molecule has 0 atom stereocenters. The third-order valence-electron chi connectivity index (χ3n) is 5.62. The summed E-state index contributed by atoms with van der Waals surface area (Å²) in [4.78, 5) is 29.5. The van der Waals surface area contributed by atoms with E-state index < -0.39 is 6.09 Å². The number of aromatic amines is 1. The van der Waals surface area contributed by atoms with E-state index in [9.17, 15) is 9.59 Å². The molecule has 2 aliphatic heterocycles. The third kappa shape index (κ3) is 3.87. The predicted molar refractivity (Wildman–Crippen MR) is 98.6 cm³/mol. The second-order valence-electron chi connectivity index (χ2n) is 7.33. The molecule has 1 aromatic carbocycles. The van der Waals surface area contributed by atoms with Crippen molar-refractivity contribution in [1.29, 1.82) is 0 Å². The summed E-state index contributed by atoms with van der Waals surface area (Å²) in [5.41, 5.74) is 2.11. The highest BCUT2D eigenvalue weighted by molar-refractivity contribution is 5.97. The van der Waals surface area contributed by atoms with Gasteiger partial charge in [0.05, 0.1) is 0 Å². The summed E-state index contributed by atoms with van der Waals surface area (Å²) >= 11 is 0. The van der Waals surface area contributed by atoms with Gasteiger partial charge in [-0.25, -0.2) is 4.79 Å². The van der Waals surface area contributed by atoms with Gasteiger partial charge in [0.1, 0.15) is 11.0 Å². The fraction of sp³-hybridized carbons (Fsp3) is 0.556. The van der Waals surface area contributed by atoms with Crippen LogP contribution in [0.2, 0.25) is 0 Å². The Hall–Kier alpha value is -2.68. The molecule has 2 fully saturated rings. The summed E-state index contributed by atoms with van der Waals surface area (Å²) in [6.07, 6.45) is 1.14. The molecule has 2 saturated heterocycles. The smallest absolute Gasteiger partial charge is 0.407 e. The van der Waals surface area contributed by atoms with Gasteiger partial charge in [0.15, 0.2) is 0 Å². The molecule has 0 radical (unpaired) electrons. The van der Waals surface area contributed by atoms with E-state index in [2.05, 4.69) is 20.3 Å². The zero-order chi connectivity index (χ0) is 18.8. The summed E-state index contributed by atoms with van der Waals surface area (Å²) in [7, 11) is 0. The summed E-state index contributed by atoms with van der Waals surface area (Å²) < 4.78 is 0. The number of piperazine rings is 1. The van der Waals surface area contributed by atoms with Crippen LogP contribution >= 0.6 is 0 Å². The molecule has 27 heavy (non-hydrogen) atoms. The van der Waals surface area contributed by atoms with Crippen LogP contribution in [-0.2, 0) is 0 Å². The van der Waals surface area contributed by atoms with Crippen molar-refractivity contribution in [3.8, 4) is 0 Å². The number of H-pyrrole nitrogens is 1. The number of rotatable bonds is 3. The van der Waals surface area contributed by atoms with Gasteiger partial charge in [0.2, 0.25) is 0 Å². The Morgan fingerprint density at radius 2 is 1.70 bits per heavy atom. The Labute approximate surface area is 156 Å². The van der Waals surface area contributed by atoms with Crippen molar-refractivity contribution in [1.82, 2.24) is 30.1 Å². The molecule has 0 saturated carbocycles. The lowest BCUT2D eigenvalue weighted by atomic mass is 9.95. The molecule has 3 heterocycles. The monoisotopic (exact) mass is 372 g/mol. The molecule has 4 rings (SSSR count). The van der Waals surface area contributed by atoms with Crippen LogP contribution in [-0.4, -0.2) is 93.0 Å². The first-order chi connectivity index (χ1) is 13.1. The number of carbonyl (C=O) groups excluding carboxylic acids is 1. The fourth-order valence-corrected chi connectivity index (χ4v) is 3.96. The number of likely N-dealkylation sites (tertiary alicyclic amines) is 1. The number of aromatic nitrogens is 3. The molecular formula is C18H24N6O3. The molecular weight excluding hydrogens is 348 g/mol. The zero-order valence-electron chi connectivity index (χ0n) is 15.2. The Morgan fingerprint density at radius 3 is 2.41 bits per heavy atom. The van der Waals surface area contributed by atoms with Gasteiger partial charge in [-0.05, 0) is 37.0 Å². The Balaban J connectivity index is 1.27. The van der Waals surface area contributed by atoms with Gasteiger partial charge in [0.25, 0.3) is 5.91 Å². The molecule has 1 aromatic heterocycles. The summed E-state index contributed by atoms with van der Waals surface area (Å²) in [6.45, 7) is 5.26. The lowest BCUT2D eigenvalue weighted by Crippen LogP contribution is -2.50. The molecule has 0 unspecified atom stereocenters. The maximum absolute atomic E-state index is 12.8. The number of nitrogens with zero attached hydrogens (tertiary/aromatic N) is 5. The number of hydrogen-bond donors (Lipinski definition) is 2. The lowest BCUT2D eigenvalue weighted by Gasteiger charge is -2.38. The third-order valence-corrected chi connectivity index (χ3v) is 5.62. The number of carboxylic acid groups (broad SMARTS) is 1. The van der Waals surface area contributed by atoms with Gasteiger partial charge in [0, 0.05) is 51.4 Å². The quantitative estimate of drug-likeness (QED) is 0.836. The average molecular weight is 372 g/mol. The standard InChI is InChI=1S/C18H24N6O3/c25-17(14-1-2-15-16(11-14)20-21-19-15)23-5-3-13(4-6-23)12-22-7-9-24(10-8-22)18(26)27/h1-2,11,13H,3-10,12H2,(H,26,27)(H,19,20,21). The van der Waals surface area contributed by atoms with Gasteiger partial charge in [-0.2, -0.15) is 15.4 Å². The minimum Gasteiger partial charge on any atom is -0.465 e. The van der Waals surface area contributed by atoms with Crippen molar-refractivity contribution in [3.63, 3.8) is 0 Å². The van der Waals surface area contributed by atoms with Gasteiger partial charge in [-0.3, -0.25) is 9.69 Å². The number of benzene rings is 1. The first kappa shape index (κ1) is 17.7. The fourth-order valence-electron chi connectivity index (χ4n) is 3.96. The molecule has 2 N–H and O–H groups in total. The highest BCUT2D eigenvalue weighted by Crippen LogP contribution is 2.21. The van der Waals surface area contributed by atoms with Crippen LogP contribution in [0.4, 0.5) is 4.79 Å². The van der Waals surface area contributed by atoms with Crippen molar-refractivity contribution in [2.24, 2.45) is 5.92 Å². The second kappa shape index (κ2) is 7.51. The van der Waals surface area contributed by atoms with E-state index in [0.717, 1.165) is 51.1 Å². The normalized spacial score (nSPS) is 19.6. The van der Waals surface area contributed by atoms with Crippen molar-refractivity contribution < 1.29 is 14.7 Å². The lowest BCUT2D eigenvalue weighted by molar-refractivity contribution is 0.0633. The van der Waals surface area contributed by atoms with Crippen molar-refractivity contribution in [2.45, 2.75) is 12.8 Å². The Morgan fingerprint density at radius 1 is 1.00 bits per heavy atom. The number of carbonyl (C=O) groups is 2. The first-order valence-corrected chi connectivity index (χ1v) is 9.40. The van der Waals surface area contributed by atoms with E-state index in [-0.39, 0.29) is 5.91 Å². The van der Waals surface area contributed by atoms with Crippen molar-refractivity contribution in [3.05, 3.63) is 23.8 Å². The van der Waals surface area contributed by atoms with E-state index >= 15 is 0 Å². The number of nitrogens with one attached hydrogen (secondary N) is 1. The molecule has 2 aromatic rings. The van der Waals surface area contributed by atoms with Crippen LogP contribution in [0.15, 0.2) is 18.2 Å². The zero-order valence-corrected chi connectivity index (χ0v) is 15.2. The molecule has 9 heteroatoms. The van der Waals surface area contributed by atoms with Crippen LogP contribution < -0.4 is 0 Å². The minimum absolute atomic E-state index is 0.0495. The molecule has 2 aliphatic rings.